The molecule has 3 rings (SSSR count). The van der Waals surface area contributed by atoms with Crippen molar-refractivity contribution in [1.82, 2.24) is 9.88 Å². The molecule has 0 bridgehead atoms. The quantitative estimate of drug-likeness (QED) is 0.547. The minimum Gasteiger partial charge on any atom is -0.497 e. The van der Waals surface area contributed by atoms with Crippen molar-refractivity contribution < 1.29 is 19.0 Å². The zero-order valence-corrected chi connectivity index (χ0v) is 16.6. The maximum Gasteiger partial charge on any atom is 0.253 e. The van der Waals surface area contributed by atoms with Crippen molar-refractivity contribution in [2.75, 3.05) is 27.3 Å². The number of carbonyl (C=O) groups is 1. The van der Waals surface area contributed by atoms with Crippen LogP contribution in [-0.2, 0) is 6.61 Å². The zero-order valence-electron chi connectivity index (χ0n) is 15.8. The number of hydrogen-bond donors (Lipinski definition) is 0. The Hall–Kier alpha value is -3.06. The molecular weight excluding hydrogens is 376 g/mol. The van der Waals surface area contributed by atoms with E-state index in [2.05, 4.69) is 4.98 Å². The number of methoxy groups -OCH3 is 1. The van der Waals surface area contributed by atoms with Crippen molar-refractivity contribution in [3.63, 3.8) is 0 Å². The second kappa shape index (κ2) is 9.75. The molecule has 0 aliphatic heterocycles. The summed E-state index contributed by atoms with van der Waals surface area (Å²) in [5, 5.41) is 1.94. The van der Waals surface area contributed by atoms with Gasteiger partial charge in [0.15, 0.2) is 0 Å². The second-order valence-corrected chi connectivity index (χ2v) is 6.77. The summed E-state index contributed by atoms with van der Waals surface area (Å²) in [5.74, 6) is 2.06. The Morgan fingerprint density at radius 2 is 1.86 bits per heavy atom. The lowest BCUT2D eigenvalue weighted by Gasteiger charge is -2.18. The summed E-state index contributed by atoms with van der Waals surface area (Å²) in [4.78, 5) is 18.5. The number of rotatable bonds is 9. The van der Waals surface area contributed by atoms with Gasteiger partial charge in [0, 0.05) is 18.0 Å². The van der Waals surface area contributed by atoms with E-state index in [4.69, 9.17) is 14.2 Å². The Kier molecular flexibility index (Phi) is 6.86. The number of thiazole rings is 1. The van der Waals surface area contributed by atoms with Crippen LogP contribution in [0.25, 0.3) is 0 Å². The molecule has 146 valence electrons. The summed E-state index contributed by atoms with van der Waals surface area (Å²) in [6, 6.07) is 14.5. The van der Waals surface area contributed by atoms with Gasteiger partial charge in [-0.05, 0) is 42.5 Å². The zero-order chi connectivity index (χ0) is 19.8. The Bertz CT molecular complexity index is 882. The predicted octanol–water partition coefficient (Wildman–Crippen LogP) is 3.88. The molecule has 3 aromatic rings. The van der Waals surface area contributed by atoms with Gasteiger partial charge in [-0.25, -0.2) is 4.98 Å². The van der Waals surface area contributed by atoms with Crippen molar-refractivity contribution in [2.45, 2.75) is 6.61 Å². The van der Waals surface area contributed by atoms with Crippen LogP contribution in [0.2, 0.25) is 0 Å². The highest BCUT2D eigenvalue weighted by Gasteiger charge is 2.12. The minimum absolute atomic E-state index is 0.0857. The standard InChI is InChI=1S/C21H22N2O4S/c1-23(10-11-26-19-8-6-18(25-2)7-9-19)21(24)16-4-3-5-20(12-16)27-13-17-14-28-15-22-17/h3-9,12,14-15H,10-11,13H2,1-2H3. The molecule has 1 aromatic heterocycles. The number of ether oxygens (including phenoxy) is 3. The molecule has 1 heterocycles. The van der Waals surface area contributed by atoms with Crippen LogP contribution in [-0.4, -0.2) is 43.1 Å². The first-order valence-electron chi connectivity index (χ1n) is 8.78. The van der Waals surface area contributed by atoms with E-state index in [1.54, 1.807) is 36.7 Å². The van der Waals surface area contributed by atoms with Gasteiger partial charge in [-0.15, -0.1) is 11.3 Å². The summed E-state index contributed by atoms with van der Waals surface area (Å²) in [6.07, 6.45) is 0. The molecule has 0 aliphatic rings. The number of benzene rings is 2. The van der Waals surface area contributed by atoms with Crippen molar-refractivity contribution in [1.29, 1.82) is 0 Å². The van der Waals surface area contributed by atoms with Gasteiger partial charge in [-0.3, -0.25) is 4.79 Å². The van der Waals surface area contributed by atoms with Crippen LogP contribution in [0.15, 0.2) is 59.4 Å². The highest BCUT2D eigenvalue weighted by atomic mass is 32.1. The van der Waals surface area contributed by atoms with E-state index < -0.39 is 0 Å². The van der Waals surface area contributed by atoms with Gasteiger partial charge in [0.2, 0.25) is 0 Å². The van der Waals surface area contributed by atoms with Gasteiger partial charge in [-0.2, -0.15) is 0 Å². The van der Waals surface area contributed by atoms with Crippen molar-refractivity contribution >= 4 is 17.2 Å². The van der Waals surface area contributed by atoms with E-state index in [1.807, 2.05) is 41.8 Å². The van der Waals surface area contributed by atoms with Gasteiger partial charge in [0.25, 0.3) is 5.91 Å². The summed E-state index contributed by atoms with van der Waals surface area (Å²) in [5.41, 5.74) is 3.21. The lowest BCUT2D eigenvalue weighted by atomic mass is 10.2. The van der Waals surface area contributed by atoms with Gasteiger partial charge in [0.05, 0.1) is 24.9 Å². The number of nitrogens with zero attached hydrogens (tertiary/aromatic N) is 2. The van der Waals surface area contributed by atoms with Crippen molar-refractivity contribution in [3.8, 4) is 17.2 Å². The van der Waals surface area contributed by atoms with Gasteiger partial charge >= 0.3 is 0 Å². The molecular formula is C21H22N2O4S. The van der Waals surface area contributed by atoms with E-state index in [9.17, 15) is 4.79 Å². The van der Waals surface area contributed by atoms with Crippen LogP contribution in [0.1, 0.15) is 16.1 Å². The number of aromatic nitrogens is 1. The third-order valence-electron chi connectivity index (χ3n) is 4.05. The number of amides is 1. The van der Waals surface area contributed by atoms with Crippen LogP contribution >= 0.6 is 11.3 Å². The van der Waals surface area contributed by atoms with E-state index in [0.717, 1.165) is 17.2 Å². The fourth-order valence-electron chi connectivity index (χ4n) is 2.48. The average molecular weight is 398 g/mol. The normalized spacial score (nSPS) is 10.4. The molecule has 0 radical (unpaired) electrons. The first kappa shape index (κ1) is 19.7. The summed E-state index contributed by atoms with van der Waals surface area (Å²) >= 11 is 1.52. The Morgan fingerprint density at radius 3 is 2.57 bits per heavy atom. The third kappa shape index (κ3) is 5.47. The molecule has 0 fully saturated rings. The first-order chi connectivity index (χ1) is 13.7. The largest absolute Gasteiger partial charge is 0.497 e. The average Bonchev–Trinajstić information content (AvgIpc) is 3.26. The molecule has 1 amide bonds. The van der Waals surface area contributed by atoms with E-state index in [1.165, 1.54) is 11.3 Å². The van der Waals surface area contributed by atoms with Gasteiger partial charge in [0.1, 0.15) is 30.5 Å². The summed E-state index contributed by atoms with van der Waals surface area (Å²) < 4.78 is 16.5. The second-order valence-electron chi connectivity index (χ2n) is 6.05. The Balaban J connectivity index is 1.50. The fraction of sp³-hybridized carbons (Fsp3) is 0.238. The molecule has 0 unspecified atom stereocenters. The Morgan fingerprint density at radius 1 is 1.07 bits per heavy atom. The first-order valence-corrected chi connectivity index (χ1v) is 9.72. The monoisotopic (exact) mass is 398 g/mol. The third-order valence-corrected chi connectivity index (χ3v) is 4.69. The fourth-order valence-corrected chi connectivity index (χ4v) is 3.02. The van der Waals surface area contributed by atoms with E-state index >= 15 is 0 Å². The molecule has 0 saturated carbocycles. The molecule has 0 N–H and O–H groups in total. The number of carbonyl (C=O) groups excluding carboxylic acids is 1. The lowest BCUT2D eigenvalue weighted by molar-refractivity contribution is 0.0773. The Labute approximate surface area is 168 Å². The van der Waals surface area contributed by atoms with E-state index in [-0.39, 0.29) is 5.91 Å². The molecule has 7 heteroatoms. The van der Waals surface area contributed by atoms with Crippen LogP contribution in [0.4, 0.5) is 0 Å². The summed E-state index contributed by atoms with van der Waals surface area (Å²) in [7, 11) is 3.37. The van der Waals surface area contributed by atoms with Crippen LogP contribution in [0.5, 0.6) is 17.2 Å². The topological polar surface area (TPSA) is 60.9 Å². The number of hydrogen-bond acceptors (Lipinski definition) is 6. The molecule has 0 aliphatic carbocycles. The molecule has 2 aromatic carbocycles. The van der Waals surface area contributed by atoms with Crippen LogP contribution in [0, 0.1) is 0 Å². The van der Waals surface area contributed by atoms with Gasteiger partial charge in [-0.1, -0.05) is 6.07 Å². The van der Waals surface area contributed by atoms with Crippen molar-refractivity contribution in [3.05, 3.63) is 70.7 Å². The molecule has 0 spiro atoms. The van der Waals surface area contributed by atoms with Crippen LogP contribution < -0.4 is 14.2 Å². The maximum atomic E-state index is 12.6. The minimum atomic E-state index is -0.0857. The highest BCUT2D eigenvalue weighted by Crippen LogP contribution is 2.18. The maximum absolute atomic E-state index is 12.6. The molecule has 28 heavy (non-hydrogen) atoms. The smallest absolute Gasteiger partial charge is 0.253 e. The summed E-state index contributed by atoms with van der Waals surface area (Å²) in [6.45, 7) is 1.25. The van der Waals surface area contributed by atoms with E-state index in [0.29, 0.717) is 31.1 Å². The molecule has 0 atom stereocenters. The number of likely N-dealkylation sites (N-methyl/N-ethyl adjacent to an activating group) is 1. The SMILES string of the molecule is COc1ccc(OCCN(C)C(=O)c2cccc(OCc3cscn3)c2)cc1. The van der Waals surface area contributed by atoms with Crippen molar-refractivity contribution in [2.24, 2.45) is 0 Å². The van der Waals surface area contributed by atoms with Gasteiger partial charge < -0.3 is 19.1 Å². The van der Waals surface area contributed by atoms with Crippen LogP contribution in [0.3, 0.4) is 0 Å². The highest BCUT2D eigenvalue weighted by molar-refractivity contribution is 7.07. The lowest BCUT2D eigenvalue weighted by Crippen LogP contribution is -2.30. The molecule has 0 saturated heterocycles. The molecule has 6 nitrogen and oxygen atoms in total. The predicted molar refractivity (Wildman–Crippen MR) is 108 cm³/mol.